The van der Waals surface area contributed by atoms with Gasteiger partial charge >= 0.3 is 0 Å². The Balaban J connectivity index is 2.42. The Morgan fingerprint density at radius 1 is 0.760 bits per heavy atom. The van der Waals surface area contributed by atoms with Crippen LogP contribution in [0.1, 0.15) is 69.7 Å². The lowest BCUT2D eigenvalue weighted by Crippen LogP contribution is -2.27. The molecule has 3 heteroatoms. The number of benzene rings is 2. The Hall–Kier alpha value is -2.13. The van der Waals surface area contributed by atoms with Gasteiger partial charge in [0, 0.05) is 0 Å². The van der Waals surface area contributed by atoms with Crippen LogP contribution in [0.4, 0.5) is 0 Å². The predicted octanol–water partition coefficient (Wildman–Crippen LogP) is 4.92. The molecule has 0 atom stereocenters. The summed E-state index contributed by atoms with van der Waals surface area (Å²) in [7, 11) is 0. The van der Waals surface area contributed by atoms with E-state index >= 15 is 0 Å². The summed E-state index contributed by atoms with van der Waals surface area (Å²) in [5.74, 6) is -0.958. The summed E-state index contributed by atoms with van der Waals surface area (Å²) < 4.78 is 0. The van der Waals surface area contributed by atoms with Crippen LogP contribution in [-0.4, -0.2) is 11.1 Å². The van der Waals surface area contributed by atoms with Crippen molar-refractivity contribution in [3.63, 3.8) is 0 Å². The van der Waals surface area contributed by atoms with Crippen molar-refractivity contribution in [2.45, 2.75) is 58.3 Å². The average molecular weight is 339 g/mol. The molecule has 25 heavy (non-hydrogen) atoms. The third-order valence-electron chi connectivity index (χ3n) is 4.59. The van der Waals surface area contributed by atoms with Gasteiger partial charge in [-0.1, -0.05) is 90.1 Å². The molecular formula is C22H29NO2. The van der Waals surface area contributed by atoms with Gasteiger partial charge in [-0.2, -0.15) is 0 Å². The Bertz CT molecular complexity index is 659. The molecule has 0 aliphatic carbocycles. The molecule has 0 bridgehead atoms. The molecule has 0 unspecified atom stereocenters. The van der Waals surface area contributed by atoms with Gasteiger partial charge in [0.25, 0.3) is 5.91 Å². The first-order valence-corrected chi connectivity index (χ1v) is 8.69. The minimum Gasteiger partial charge on any atom is -0.289 e. The van der Waals surface area contributed by atoms with Crippen LogP contribution >= 0.6 is 0 Å². The van der Waals surface area contributed by atoms with Gasteiger partial charge in [-0.05, 0) is 33.1 Å². The van der Waals surface area contributed by atoms with Crippen LogP contribution in [-0.2, 0) is 15.6 Å². The number of amides is 1. The first-order valence-electron chi connectivity index (χ1n) is 8.69. The third kappa shape index (κ3) is 4.49. The molecule has 0 radical (unpaired) electrons. The van der Waals surface area contributed by atoms with Gasteiger partial charge in [0.1, 0.15) is 0 Å². The SMILES string of the molecule is CC(C)(C)c1ccc(C(C(=O)NO)c2ccc(C(C)(C)C)cc2)cc1. The van der Waals surface area contributed by atoms with Crippen LogP contribution in [0.5, 0.6) is 0 Å². The molecule has 3 nitrogen and oxygen atoms in total. The van der Waals surface area contributed by atoms with Gasteiger partial charge in [0.15, 0.2) is 0 Å². The number of hydrogen-bond acceptors (Lipinski definition) is 2. The molecule has 0 saturated carbocycles. The highest BCUT2D eigenvalue weighted by atomic mass is 16.5. The topological polar surface area (TPSA) is 49.3 Å². The van der Waals surface area contributed by atoms with Crippen LogP contribution in [0.2, 0.25) is 0 Å². The molecule has 0 aliphatic heterocycles. The maximum absolute atomic E-state index is 12.3. The van der Waals surface area contributed by atoms with Gasteiger partial charge in [0.2, 0.25) is 0 Å². The second-order valence-corrected chi connectivity index (χ2v) is 8.65. The minimum atomic E-state index is -0.534. The molecule has 0 aliphatic rings. The lowest BCUT2D eigenvalue weighted by molar-refractivity contribution is -0.129. The molecule has 2 rings (SSSR count). The fourth-order valence-electron chi connectivity index (χ4n) is 2.91. The fraction of sp³-hybridized carbons (Fsp3) is 0.409. The second kappa shape index (κ2) is 7.01. The van der Waals surface area contributed by atoms with Crippen molar-refractivity contribution < 1.29 is 10.0 Å². The van der Waals surface area contributed by atoms with E-state index in [1.807, 2.05) is 29.7 Å². The van der Waals surface area contributed by atoms with Crippen molar-refractivity contribution in [1.29, 1.82) is 0 Å². The van der Waals surface area contributed by atoms with E-state index in [9.17, 15) is 10.0 Å². The summed E-state index contributed by atoms with van der Waals surface area (Å²) in [6.07, 6.45) is 0. The lowest BCUT2D eigenvalue weighted by atomic mass is 9.82. The molecule has 1 amide bonds. The molecular weight excluding hydrogens is 310 g/mol. The zero-order valence-corrected chi connectivity index (χ0v) is 16.1. The fourth-order valence-corrected chi connectivity index (χ4v) is 2.91. The monoisotopic (exact) mass is 339 g/mol. The summed E-state index contributed by atoms with van der Waals surface area (Å²) in [6.45, 7) is 12.9. The van der Waals surface area contributed by atoms with E-state index in [1.165, 1.54) is 11.1 Å². The highest BCUT2D eigenvalue weighted by molar-refractivity contribution is 5.86. The molecule has 2 aromatic rings. The first kappa shape index (κ1) is 19.2. The van der Waals surface area contributed by atoms with Crippen molar-refractivity contribution in [3.8, 4) is 0 Å². The van der Waals surface area contributed by atoms with Crippen molar-refractivity contribution in [2.24, 2.45) is 0 Å². The van der Waals surface area contributed by atoms with E-state index in [0.717, 1.165) is 11.1 Å². The summed E-state index contributed by atoms with van der Waals surface area (Å²) >= 11 is 0. The summed E-state index contributed by atoms with van der Waals surface area (Å²) in [5.41, 5.74) is 6.08. The highest BCUT2D eigenvalue weighted by Gasteiger charge is 2.24. The van der Waals surface area contributed by atoms with Gasteiger partial charge in [-0.3, -0.25) is 10.0 Å². The van der Waals surface area contributed by atoms with Crippen molar-refractivity contribution >= 4 is 5.91 Å². The number of carbonyl (C=O) groups is 1. The van der Waals surface area contributed by atoms with Crippen LogP contribution < -0.4 is 5.48 Å². The summed E-state index contributed by atoms with van der Waals surface area (Å²) in [6, 6.07) is 16.1. The minimum absolute atomic E-state index is 0.0572. The second-order valence-electron chi connectivity index (χ2n) is 8.65. The zero-order chi connectivity index (χ0) is 18.8. The molecule has 134 valence electrons. The quantitative estimate of drug-likeness (QED) is 0.616. The van der Waals surface area contributed by atoms with E-state index in [0.29, 0.717) is 0 Å². The Labute approximate surface area is 151 Å². The molecule has 0 heterocycles. The molecule has 2 N–H and O–H groups in total. The van der Waals surface area contributed by atoms with Gasteiger partial charge in [0.05, 0.1) is 5.92 Å². The molecule has 0 aromatic heterocycles. The zero-order valence-electron chi connectivity index (χ0n) is 16.1. The molecule has 0 saturated heterocycles. The van der Waals surface area contributed by atoms with Crippen LogP contribution in [0.25, 0.3) is 0 Å². The maximum Gasteiger partial charge on any atom is 0.255 e. The Morgan fingerprint density at radius 3 is 1.32 bits per heavy atom. The van der Waals surface area contributed by atoms with E-state index in [4.69, 9.17) is 0 Å². The number of rotatable bonds is 3. The standard InChI is InChI=1S/C22H29NO2/c1-21(2,3)17-11-7-15(8-12-17)19(20(24)23-25)16-9-13-18(14-10-16)22(4,5)6/h7-14,19,25H,1-6H3,(H,23,24). The average Bonchev–Trinajstić information content (AvgIpc) is 2.54. The maximum atomic E-state index is 12.3. The molecule has 2 aromatic carbocycles. The number of hydroxylamine groups is 1. The van der Waals surface area contributed by atoms with Crippen molar-refractivity contribution in [2.75, 3.05) is 0 Å². The Morgan fingerprint density at radius 2 is 1.08 bits per heavy atom. The van der Waals surface area contributed by atoms with E-state index < -0.39 is 11.8 Å². The van der Waals surface area contributed by atoms with Crippen LogP contribution in [0, 0.1) is 0 Å². The van der Waals surface area contributed by atoms with Gasteiger partial charge in [-0.15, -0.1) is 0 Å². The van der Waals surface area contributed by atoms with Crippen molar-refractivity contribution in [1.82, 2.24) is 5.48 Å². The largest absolute Gasteiger partial charge is 0.289 e. The first-order chi connectivity index (χ1) is 11.5. The van der Waals surface area contributed by atoms with E-state index in [-0.39, 0.29) is 10.8 Å². The predicted molar refractivity (Wildman–Crippen MR) is 102 cm³/mol. The number of carbonyl (C=O) groups excluding carboxylic acids is 1. The Kier molecular flexibility index (Phi) is 5.38. The normalized spacial score (nSPS) is 12.3. The molecule has 0 fully saturated rings. The van der Waals surface area contributed by atoms with Crippen molar-refractivity contribution in [3.05, 3.63) is 70.8 Å². The molecule has 0 spiro atoms. The highest BCUT2D eigenvalue weighted by Crippen LogP contribution is 2.30. The van der Waals surface area contributed by atoms with Crippen LogP contribution in [0.15, 0.2) is 48.5 Å². The van der Waals surface area contributed by atoms with Gasteiger partial charge in [-0.25, -0.2) is 5.48 Å². The smallest absolute Gasteiger partial charge is 0.255 e. The van der Waals surface area contributed by atoms with E-state index in [1.54, 1.807) is 0 Å². The number of hydrogen-bond donors (Lipinski definition) is 2. The van der Waals surface area contributed by atoms with E-state index in [2.05, 4.69) is 65.8 Å². The summed E-state index contributed by atoms with van der Waals surface area (Å²) in [4.78, 5) is 12.3. The number of nitrogens with one attached hydrogen (secondary N) is 1. The van der Waals surface area contributed by atoms with Crippen LogP contribution in [0.3, 0.4) is 0 Å². The third-order valence-corrected chi connectivity index (χ3v) is 4.59. The summed E-state index contributed by atoms with van der Waals surface area (Å²) in [5, 5.41) is 9.20. The van der Waals surface area contributed by atoms with Gasteiger partial charge < -0.3 is 0 Å². The lowest BCUT2D eigenvalue weighted by Gasteiger charge is -2.22.